The molecule has 1 atom stereocenters. The predicted molar refractivity (Wildman–Crippen MR) is 199 cm³/mol. The van der Waals surface area contributed by atoms with Crippen LogP contribution in [0.2, 0.25) is 0 Å². The lowest BCUT2D eigenvalue weighted by Crippen LogP contribution is -2.51. The van der Waals surface area contributed by atoms with Gasteiger partial charge in [0.05, 0.1) is 51.1 Å². The molecule has 17 heteroatoms. The van der Waals surface area contributed by atoms with Gasteiger partial charge < -0.3 is 10.2 Å². The topological polar surface area (TPSA) is 172 Å². The molecule has 1 unspecified atom stereocenters. The monoisotopic (exact) mass is 789 g/mol. The molecule has 2 amide bonds. The van der Waals surface area contributed by atoms with Gasteiger partial charge >= 0.3 is 17.9 Å². The summed E-state index contributed by atoms with van der Waals surface area (Å²) in [6, 6.07) is 13.3. The van der Waals surface area contributed by atoms with Gasteiger partial charge in [-0.1, -0.05) is 6.07 Å². The highest BCUT2D eigenvalue weighted by Gasteiger charge is 2.34. The highest BCUT2D eigenvalue weighted by atomic mass is 32.2. The summed E-state index contributed by atoms with van der Waals surface area (Å²) in [4.78, 5) is 43.5. The number of rotatable bonds is 7. The number of amides is 2. The van der Waals surface area contributed by atoms with Crippen LogP contribution in [0.15, 0.2) is 76.6 Å². The normalized spacial score (nSPS) is 14.4. The number of hydrogen-bond acceptors (Lipinski definition) is 7. The van der Waals surface area contributed by atoms with E-state index in [1.165, 1.54) is 42.9 Å². The Morgan fingerprint density at radius 3 is 2.23 bits per heavy atom. The number of carbonyl (C=O) groups excluding carboxylic acids is 2. The average molecular weight is 790 g/mol. The highest BCUT2D eigenvalue weighted by Crippen LogP contribution is 2.36. The number of hydrogen-bond donors (Lipinski definition) is 2. The molecule has 1 saturated heterocycles. The van der Waals surface area contributed by atoms with Crippen molar-refractivity contribution in [2.24, 2.45) is 0 Å². The zero-order chi connectivity index (χ0) is 40.9. The largest absolute Gasteiger partial charge is 0.416 e. The maximum Gasteiger partial charge on any atom is 0.416 e. The number of benzene rings is 3. The zero-order valence-corrected chi connectivity index (χ0v) is 31.9. The Morgan fingerprint density at radius 2 is 1.62 bits per heavy atom. The fraction of sp³-hybridized carbons (Fsp3) is 0.308. The van der Waals surface area contributed by atoms with E-state index in [-0.39, 0.29) is 46.7 Å². The van der Waals surface area contributed by atoms with Gasteiger partial charge in [-0.05, 0) is 130 Å². The number of nitrogens with zero attached hydrogens (tertiary/aromatic N) is 6. The highest BCUT2D eigenvalue weighted by molar-refractivity contribution is 7.85. The average Bonchev–Trinajstić information content (AvgIpc) is 3.74. The molecule has 3 aromatic carbocycles. The Labute approximate surface area is 320 Å². The Bertz CT molecular complexity index is 2580. The molecule has 13 nitrogen and oxygen atoms in total. The standard InChI is InChI=1S/C39H38F3N7O6S/c1-22-23(2)32(20-34(24(22)3)56(53,54)55)28-14-17-46(18-15-28)36(50)25(4)45-37(51)48-35(33-13-16-44-49(33)30-11-9-27(21-43)10-12-30)26(5)47(38(48)52)31-8-6-7-29(19-31)39(40,41)42/h6-13,16,19-20,25,28H,14-15,17-18H2,1-5H3,(H,45,51)(H,53,54,55). The van der Waals surface area contributed by atoms with Gasteiger partial charge in [0.25, 0.3) is 10.1 Å². The summed E-state index contributed by atoms with van der Waals surface area (Å²) in [6.07, 6.45) is -2.35. The van der Waals surface area contributed by atoms with Crippen LogP contribution < -0.4 is 11.0 Å². The van der Waals surface area contributed by atoms with Crippen LogP contribution in [0, 0.1) is 39.0 Å². The van der Waals surface area contributed by atoms with E-state index in [0.717, 1.165) is 44.0 Å². The molecule has 0 bridgehead atoms. The van der Waals surface area contributed by atoms with Crippen molar-refractivity contribution in [1.29, 1.82) is 5.26 Å². The summed E-state index contributed by atoms with van der Waals surface area (Å²) in [5.74, 6) is -0.553. The van der Waals surface area contributed by atoms with Crippen LogP contribution in [0.4, 0.5) is 18.0 Å². The summed E-state index contributed by atoms with van der Waals surface area (Å²) in [5, 5.41) is 16.2. The molecule has 2 N–H and O–H groups in total. The smallest absolute Gasteiger partial charge is 0.341 e. The number of nitrogens with one attached hydrogen (secondary N) is 1. The molecule has 0 saturated carbocycles. The van der Waals surface area contributed by atoms with Crippen LogP contribution in [0.25, 0.3) is 22.8 Å². The molecule has 56 heavy (non-hydrogen) atoms. The summed E-state index contributed by atoms with van der Waals surface area (Å²) >= 11 is 0. The first-order valence-corrected chi connectivity index (χ1v) is 19.0. The maximum absolute atomic E-state index is 14.2. The van der Waals surface area contributed by atoms with Gasteiger partial charge in [0.1, 0.15) is 11.7 Å². The first kappa shape index (κ1) is 39.7. The Kier molecular flexibility index (Phi) is 10.6. The Hall–Kier alpha value is -5.99. The minimum atomic E-state index is -4.71. The van der Waals surface area contributed by atoms with E-state index < -0.39 is 45.5 Å². The molecule has 5 aromatic rings. The third kappa shape index (κ3) is 7.37. The quantitative estimate of drug-likeness (QED) is 0.183. The molecule has 0 spiro atoms. The van der Waals surface area contributed by atoms with Crippen molar-refractivity contribution in [3.63, 3.8) is 0 Å². The maximum atomic E-state index is 14.2. The fourth-order valence-corrected chi connectivity index (χ4v) is 8.13. The molecular formula is C39H38F3N7O6S. The van der Waals surface area contributed by atoms with Crippen LogP contribution in [-0.2, 0) is 21.1 Å². The molecule has 0 aliphatic carbocycles. The summed E-state index contributed by atoms with van der Waals surface area (Å²) in [5.41, 5.74) is 1.92. The van der Waals surface area contributed by atoms with Gasteiger partial charge in [-0.3, -0.25) is 13.9 Å². The van der Waals surface area contributed by atoms with E-state index in [2.05, 4.69) is 10.4 Å². The van der Waals surface area contributed by atoms with Crippen molar-refractivity contribution >= 4 is 22.1 Å². The Morgan fingerprint density at radius 1 is 0.964 bits per heavy atom. The van der Waals surface area contributed by atoms with Crippen molar-refractivity contribution in [3.8, 4) is 28.8 Å². The van der Waals surface area contributed by atoms with Crippen molar-refractivity contribution in [2.45, 2.75) is 70.5 Å². The fourth-order valence-electron chi connectivity index (χ4n) is 7.31. The number of alkyl halides is 3. The lowest BCUT2D eigenvalue weighted by Gasteiger charge is -2.35. The van der Waals surface area contributed by atoms with Crippen molar-refractivity contribution in [2.75, 3.05) is 13.1 Å². The van der Waals surface area contributed by atoms with E-state index >= 15 is 0 Å². The van der Waals surface area contributed by atoms with Crippen molar-refractivity contribution in [3.05, 3.63) is 116 Å². The first-order valence-electron chi connectivity index (χ1n) is 17.6. The van der Waals surface area contributed by atoms with Crippen LogP contribution in [0.3, 0.4) is 0 Å². The van der Waals surface area contributed by atoms with Gasteiger partial charge in [-0.2, -0.15) is 31.9 Å². The first-order chi connectivity index (χ1) is 26.3. The number of carbonyl (C=O) groups is 2. The second kappa shape index (κ2) is 14.9. The second-order valence-corrected chi connectivity index (χ2v) is 15.2. The van der Waals surface area contributed by atoms with Gasteiger partial charge in [0.15, 0.2) is 0 Å². The molecule has 1 fully saturated rings. The van der Waals surface area contributed by atoms with E-state index in [4.69, 9.17) is 0 Å². The minimum Gasteiger partial charge on any atom is -0.341 e. The van der Waals surface area contributed by atoms with Crippen LogP contribution in [-0.4, -0.2) is 67.9 Å². The number of likely N-dealkylation sites (tertiary alicyclic amines) is 1. The number of aromatic nitrogens is 4. The zero-order valence-electron chi connectivity index (χ0n) is 31.0. The third-order valence-electron chi connectivity index (χ3n) is 10.5. The SMILES string of the molecule is Cc1c(C2CCN(C(=O)C(C)NC(=O)n3c(-c4ccnn4-c4ccc(C#N)cc4)c(C)n(-c4cccc(C(F)(F)F)c4)c3=O)CC2)cc(S(=O)(=O)O)c(C)c1C. The number of nitriles is 1. The van der Waals surface area contributed by atoms with Gasteiger partial charge in [0.2, 0.25) is 5.91 Å². The number of halogens is 3. The summed E-state index contributed by atoms with van der Waals surface area (Å²) in [7, 11) is -4.46. The van der Waals surface area contributed by atoms with E-state index in [1.54, 1.807) is 43.0 Å². The second-order valence-electron chi connectivity index (χ2n) is 13.8. The minimum absolute atomic E-state index is 0.000240. The van der Waals surface area contributed by atoms with E-state index in [9.17, 15) is 45.8 Å². The lowest BCUT2D eigenvalue weighted by atomic mass is 9.84. The van der Waals surface area contributed by atoms with Crippen molar-refractivity contribution < 1.29 is 35.7 Å². The molecule has 1 aliphatic heterocycles. The van der Waals surface area contributed by atoms with E-state index in [1.807, 2.05) is 13.0 Å². The molecule has 6 rings (SSSR count). The molecule has 292 valence electrons. The Balaban J connectivity index is 1.31. The van der Waals surface area contributed by atoms with Crippen LogP contribution in [0.5, 0.6) is 0 Å². The molecular weight excluding hydrogens is 752 g/mol. The number of imidazole rings is 1. The summed E-state index contributed by atoms with van der Waals surface area (Å²) in [6.45, 7) is 8.80. The molecule has 0 radical (unpaired) electrons. The van der Waals surface area contributed by atoms with Gasteiger partial charge in [-0.15, -0.1) is 0 Å². The predicted octanol–water partition coefficient (Wildman–Crippen LogP) is 6.21. The molecule has 2 aromatic heterocycles. The lowest BCUT2D eigenvalue weighted by molar-refractivity contribution is -0.137. The summed E-state index contributed by atoms with van der Waals surface area (Å²) < 4.78 is 78.4. The third-order valence-corrected chi connectivity index (χ3v) is 11.5. The number of piperidine rings is 1. The van der Waals surface area contributed by atoms with Crippen LogP contribution in [0.1, 0.15) is 64.8 Å². The van der Waals surface area contributed by atoms with Crippen LogP contribution >= 0.6 is 0 Å². The van der Waals surface area contributed by atoms with Crippen molar-refractivity contribution in [1.82, 2.24) is 29.1 Å². The molecule has 1 aliphatic rings. The molecule has 3 heterocycles. The van der Waals surface area contributed by atoms with E-state index in [0.29, 0.717) is 29.7 Å². The van der Waals surface area contributed by atoms with Gasteiger partial charge in [0, 0.05) is 13.1 Å². The van der Waals surface area contributed by atoms with Gasteiger partial charge in [-0.25, -0.2) is 18.8 Å².